The minimum atomic E-state index is -0.0170. The minimum Gasteiger partial charge on any atom is -0.321 e. The molecule has 0 aliphatic carbocycles. The maximum absolute atomic E-state index is 12.1. The van der Waals surface area contributed by atoms with Gasteiger partial charge in [0.15, 0.2) is 0 Å². The summed E-state index contributed by atoms with van der Waals surface area (Å²) in [5.41, 5.74) is 2.45. The number of rotatable bonds is 1. The molecule has 0 atom stereocenters. The van der Waals surface area contributed by atoms with Gasteiger partial charge in [-0.2, -0.15) is 0 Å². The van der Waals surface area contributed by atoms with Crippen molar-refractivity contribution < 1.29 is 0 Å². The number of nitrogens with one attached hydrogen (secondary N) is 1. The Morgan fingerprint density at radius 2 is 1.65 bits per heavy atom. The molecule has 0 saturated heterocycles. The SMILES string of the molecule is CC(C)(C)Cc1ccc2[nH]c(=O)c3ccccc3c2c1. The molecule has 1 aromatic heterocycles. The molecule has 20 heavy (non-hydrogen) atoms. The molecule has 1 N–H and O–H groups in total. The molecular weight excluding hydrogens is 246 g/mol. The summed E-state index contributed by atoms with van der Waals surface area (Å²) in [7, 11) is 0. The molecule has 0 aliphatic rings. The van der Waals surface area contributed by atoms with Gasteiger partial charge in [-0.15, -0.1) is 0 Å². The van der Waals surface area contributed by atoms with Crippen molar-refractivity contribution in [1.82, 2.24) is 4.98 Å². The number of hydrogen-bond acceptors (Lipinski definition) is 1. The molecule has 3 aromatic rings. The van der Waals surface area contributed by atoms with Gasteiger partial charge in [-0.25, -0.2) is 0 Å². The number of pyridine rings is 1. The van der Waals surface area contributed by atoms with Crippen LogP contribution in [-0.4, -0.2) is 4.98 Å². The molecule has 1 heterocycles. The van der Waals surface area contributed by atoms with E-state index in [2.05, 4.69) is 37.9 Å². The van der Waals surface area contributed by atoms with Crippen LogP contribution in [0.3, 0.4) is 0 Å². The van der Waals surface area contributed by atoms with Gasteiger partial charge >= 0.3 is 0 Å². The van der Waals surface area contributed by atoms with Gasteiger partial charge in [0.1, 0.15) is 0 Å². The average Bonchev–Trinajstić information content (AvgIpc) is 2.38. The van der Waals surface area contributed by atoms with E-state index in [9.17, 15) is 4.79 Å². The first-order valence-electron chi connectivity index (χ1n) is 6.98. The maximum atomic E-state index is 12.1. The molecule has 0 unspecified atom stereocenters. The first-order valence-corrected chi connectivity index (χ1v) is 6.98. The normalized spacial score (nSPS) is 12.2. The molecule has 2 nitrogen and oxygen atoms in total. The Hall–Kier alpha value is -2.09. The van der Waals surface area contributed by atoms with Gasteiger partial charge < -0.3 is 4.98 Å². The highest BCUT2D eigenvalue weighted by Crippen LogP contribution is 2.26. The van der Waals surface area contributed by atoms with Crippen LogP contribution < -0.4 is 5.56 Å². The zero-order chi connectivity index (χ0) is 14.3. The van der Waals surface area contributed by atoms with Crippen LogP contribution in [0.5, 0.6) is 0 Å². The van der Waals surface area contributed by atoms with Crippen molar-refractivity contribution in [3.8, 4) is 0 Å². The Bertz CT molecular complexity index is 837. The second-order valence-corrected chi connectivity index (χ2v) is 6.62. The summed E-state index contributed by atoms with van der Waals surface area (Å²) < 4.78 is 0. The third-order valence-electron chi connectivity index (χ3n) is 3.53. The van der Waals surface area contributed by atoms with E-state index >= 15 is 0 Å². The van der Waals surface area contributed by atoms with Crippen molar-refractivity contribution >= 4 is 21.7 Å². The van der Waals surface area contributed by atoms with Crippen LogP contribution in [0.4, 0.5) is 0 Å². The van der Waals surface area contributed by atoms with Crippen molar-refractivity contribution in [2.75, 3.05) is 0 Å². The number of aromatic nitrogens is 1. The summed E-state index contributed by atoms with van der Waals surface area (Å²) in [6.45, 7) is 6.71. The van der Waals surface area contributed by atoms with Gasteiger partial charge in [0, 0.05) is 16.3 Å². The zero-order valence-corrected chi connectivity index (χ0v) is 12.2. The lowest BCUT2D eigenvalue weighted by molar-refractivity contribution is 0.411. The predicted octanol–water partition coefficient (Wildman–Crippen LogP) is 4.27. The number of fused-ring (bicyclic) bond motifs is 3. The van der Waals surface area contributed by atoms with Crippen molar-refractivity contribution in [3.05, 3.63) is 58.4 Å². The fourth-order valence-electron chi connectivity index (χ4n) is 2.75. The molecule has 0 spiro atoms. The molecule has 0 bridgehead atoms. The van der Waals surface area contributed by atoms with Crippen LogP contribution in [0.2, 0.25) is 0 Å². The number of H-pyrrole nitrogens is 1. The number of benzene rings is 2. The highest BCUT2D eigenvalue weighted by atomic mass is 16.1. The molecule has 0 amide bonds. The molecule has 3 rings (SSSR count). The summed E-state index contributed by atoms with van der Waals surface area (Å²) in [4.78, 5) is 15.0. The van der Waals surface area contributed by atoms with E-state index in [0.717, 1.165) is 28.1 Å². The van der Waals surface area contributed by atoms with Crippen LogP contribution in [0.15, 0.2) is 47.3 Å². The smallest absolute Gasteiger partial charge is 0.256 e. The topological polar surface area (TPSA) is 32.9 Å². The molecule has 0 fully saturated rings. The molecule has 102 valence electrons. The minimum absolute atomic E-state index is 0.0170. The molecule has 2 heteroatoms. The molecule has 0 aliphatic heterocycles. The van der Waals surface area contributed by atoms with E-state index in [1.165, 1.54) is 5.56 Å². The fourth-order valence-corrected chi connectivity index (χ4v) is 2.75. The summed E-state index contributed by atoms with van der Waals surface area (Å²) in [5, 5.41) is 2.91. The largest absolute Gasteiger partial charge is 0.321 e. The monoisotopic (exact) mass is 265 g/mol. The quantitative estimate of drug-likeness (QED) is 0.655. The summed E-state index contributed by atoms with van der Waals surface area (Å²) in [5.74, 6) is 0. The van der Waals surface area contributed by atoms with Crippen LogP contribution in [0.1, 0.15) is 26.3 Å². The Morgan fingerprint density at radius 1 is 0.950 bits per heavy atom. The van der Waals surface area contributed by atoms with E-state index in [4.69, 9.17) is 0 Å². The summed E-state index contributed by atoms with van der Waals surface area (Å²) in [6.07, 6.45) is 1.02. The Balaban J connectivity index is 2.30. The van der Waals surface area contributed by atoms with Crippen molar-refractivity contribution in [2.24, 2.45) is 5.41 Å². The fraction of sp³-hybridized carbons (Fsp3) is 0.278. The zero-order valence-electron chi connectivity index (χ0n) is 12.2. The van der Waals surface area contributed by atoms with E-state index in [1.54, 1.807) is 0 Å². The lowest BCUT2D eigenvalue weighted by Crippen LogP contribution is -2.10. The molecular formula is C18H19NO. The van der Waals surface area contributed by atoms with Crippen molar-refractivity contribution in [3.63, 3.8) is 0 Å². The summed E-state index contributed by atoms with van der Waals surface area (Å²) >= 11 is 0. The van der Waals surface area contributed by atoms with E-state index in [1.807, 2.05) is 30.3 Å². The van der Waals surface area contributed by atoms with E-state index in [0.29, 0.717) is 0 Å². The lowest BCUT2D eigenvalue weighted by atomic mass is 9.87. The van der Waals surface area contributed by atoms with Crippen molar-refractivity contribution in [1.29, 1.82) is 0 Å². The van der Waals surface area contributed by atoms with Crippen LogP contribution in [-0.2, 0) is 6.42 Å². The van der Waals surface area contributed by atoms with Crippen LogP contribution in [0.25, 0.3) is 21.7 Å². The Labute approximate surface area is 118 Å². The first-order chi connectivity index (χ1) is 9.44. The highest BCUT2D eigenvalue weighted by molar-refractivity contribution is 6.05. The van der Waals surface area contributed by atoms with Crippen LogP contribution in [0, 0.1) is 5.41 Å². The Morgan fingerprint density at radius 3 is 2.35 bits per heavy atom. The maximum Gasteiger partial charge on any atom is 0.256 e. The standard InChI is InChI=1S/C18H19NO/c1-18(2,3)11-12-8-9-16-15(10-12)13-6-4-5-7-14(13)17(20)19-16/h4-10H,11H2,1-3H3,(H,19,20). The second-order valence-electron chi connectivity index (χ2n) is 6.62. The third-order valence-corrected chi connectivity index (χ3v) is 3.53. The molecule has 0 saturated carbocycles. The number of hydrogen-bond donors (Lipinski definition) is 1. The van der Waals surface area contributed by atoms with Crippen molar-refractivity contribution in [2.45, 2.75) is 27.2 Å². The van der Waals surface area contributed by atoms with Crippen LogP contribution >= 0.6 is 0 Å². The highest BCUT2D eigenvalue weighted by Gasteiger charge is 2.12. The first kappa shape index (κ1) is 12.9. The lowest BCUT2D eigenvalue weighted by Gasteiger charge is -2.18. The van der Waals surface area contributed by atoms with E-state index in [-0.39, 0.29) is 11.0 Å². The van der Waals surface area contributed by atoms with E-state index < -0.39 is 0 Å². The average molecular weight is 265 g/mol. The third kappa shape index (κ3) is 2.34. The van der Waals surface area contributed by atoms with Gasteiger partial charge in [0.2, 0.25) is 0 Å². The Kier molecular flexibility index (Phi) is 2.89. The predicted molar refractivity (Wildman–Crippen MR) is 85.2 cm³/mol. The van der Waals surface area contributed by atoms with Gasteiger partial charge in [0.25, 0.3) is 5.56 Å². The second kappa shape index (κ2) is 4.48. The van der Waals surface area contributed by atoms with Gasteiger partial charge in [-0.1, -0.05) is 45.0 Å². The molecule has 0 radical (unpaired) electrons. The number of aromatic amines is 1. The van der Waals surface area contributed by atoms with Gasteiger partial charge in [0.05, 0.1) is 0 Å². The van der Waals surface area contributed by atoms with Gasteiger partial charge in [-0.05, 0) is 41.0 Å². The summed E-state index contributed by atoms with van der Waals surface area (Å²) in [6, 6.07) is 14.1. The van der Waals surface area contributed by atoms with Gasteiger partial charge in [-0.3, -0.25) is 4.79 Å². The molecule has 2 aromatic carbocycles.